The lowest BCUT2D eigenvalue weighted by Gasteiger charge is -2.22. The summed E-state index contributed by atoms with van der Waals surface area (Å²) in [6.45, 7) is 1.56. The minimum absolute atomic E-state index is 0.0250. The normalized spacial score (nSPS) is 17.0. The number of benzene rings is 1. The van der Waals surface area contributed by atoms with Crippen LogP contribution in [0.1, 0.15) is 19.8 Å². The quantitative estimate of drug-likeness (QED) is 0.730. The molecule has 1 saturated carbocycles. The molecule has 1 aliphatic rings. The molecule has 3 N–H and O–H groups in total. The van der Waals surface area contributed by atoms with Gasteiger partial charge >= 0.3 is 11.8 Å². The first kappa shape index (κ1) is 15.4. The van der Waals surface area contributed by atoms with E-state index in [1.165, 1.54) is 0 Å². The predicted molar refractivity (Wildman–Crippen MR) is 71.3 cm³/mol. The topological polar surface area (TPSA) is 78.4 Å². The number of nitrogens with one attached hydrogen (secondary N) is 2. The second kappa shape index (κ2) is 5.77. The Morgan fingerprint density at radius 1 is 1.29 bits per heavy atom. The van der Waals surface area contributed by atoms with Gasteiger partial charge in [0, 0.05) is 18.3 Å². The maximum absolute atomic E-state index is 13.0. The van der Waals surface area contributed by atoms with Gasteiger partial charge < -0.3 is 15.7 Å². The first-order valence-corrected chi connectivity index (χ1v) is 6.56. The van der Waals surface area contributed by atoms with E-state index in [9.17, 15) is 23.5 Å². The van der Waals surface area contributed by atoms with Gasteiger partial charge in [0.2, 0.25) is 0 Å². The summed E-state index contributed by atoms with van der Waals surface area (Å²) in [4.78, 5) is 23.2. The van der Waals surface area contributed by atoms with E-state index >= 15 is 0 Å². The van der Waals surface area contributed by atoms with Crippen LogP contribution in [0.3, 0.4) is 0 Å². The molecule has 114 valence electrons. The summed E-state index contributed by atoms with van der Waals surface area (Å²) >= 11 is 0. The van der Waals surface area contributed by atoms with E-state index < -0.39 is 29.0 Å². The second-order valence-electron chi connectivity index (χ2n) is 5.40. The minimum Gasteiger partial charge on any atom is -0.388 e. The standard InChI is InChI=1S/C14H16F2N2O3/c1-14(21,8-2-3-8)7-17-12(19)13(20)18-9-4-5-10(15)11(16)6-9/h4-6,8,21H,2-3,7H2,1H3,(H,17,19)(H,18,20). The van der Waals surface area contributed by atoms with Crippen LogP contribution in [0.25, 0.3) is 0 Å². The fourth-order valence-corrected chi connectivity index (χ4v) is 1.95. The lowest BCUT2D eigenvalue weighted by Crippen LogP contribution is -2.45. The minimum atomic E-state index is -1.12. The first-order valence-electron chi connectivity index (χ1n) is 6.56. The predicted octanol–water partition coefficient (Wildman–Crippen LogP) is 1.18. The lowest BCUT2D eigenvalue weighted by molar-refractivity contribution is -0.136. The van der Waals surface area contributed by atoms with E-state index in [0.29, 0.717) is 0 Å². The van der Waals surface area contributed by atoms with Crippen molar-refractivity contribution in [1.29, 1.82) is 0 Å². The smallest absolute Gasteiger partial charge is 0.313 e. The Morgan fingerprint density at radius 3 is 2.52 bits per heavy atom. The molecule has 0 aliphatic heterocycles. The van der Waals surface area contributed by atoms with E-state index in [0.717, 1.165) is 31.0 Å². The summed E-state index contributed by atoms with van der Waals surface area (Å²) in [5, 5.41) is 14.5. The van der Waals surface area contributed by atoms with Crippen LogP contribution in [0.2, 0.25) is 0 Å². The summed E-state index contributed by atoms with van der Waals surface area (Å²) in [7, 11) is 0. The fourth-order valence-electron chi connectivity index (χ4n) is 1.95. The Kier molecular flexibility index (Phi) is 4.22. The molecule has 0 saturated heterocycles. The number of carbonyl (C=O) groups excluding carboxylic acids is 2. The van der Waals surface area contributed by atoms with Crippen molar-refractivity contribution in [2.24, 2.45) is 5.92 Å². The average Bonchev–Trinajstić information content (AvgIpc) is 3.25. The second-order valence-corrected chi connectivity index (χ2v) is 5.40. The molecular weight excluding hydrogens is 282 g/mol. The largest absolute Gasteiger partial charge is 0.388 e. The third-order valence-corrected chi connectivity index (χ3v) is 3.45. The molecule has 5 nitrogen and oxygen atoms in total. The van der Waals surface area contributed by atoms with Crippen LogP contribution < -0.4 is 10.6 Å². The van der Waals surface area contributed by atoms with E-state index in [4.69, 9.17) is 0 Å². The van der Waals surface area contributed by atoms with E-state index in [1.54, 1.807) is 6.92 Å². The summed E-state index contributed by atoms with van der Waals surface area (Å²) in [5.41, 5.74) is -1.07. The Balaban J connectivity index is 1.87. The Morgan fingerprint density at radius 2 is 1.95 bits per heavy atom. The lowest BCUT2D eigenvalue weighted by atomic mass is 10.0. The number of amides is 2. The molecule has 1 fully saturated rings. The zero-order valence-electron chi connectivity index (χ0n) is 11.5. The van der Waals surface area contributed by atoms with Gasteiger partial charge in [-0.05, 0) is 37.8 Å². The molecule has 21 heavy (non-hydrogen) atoms. The zero-order valence-corrected chi connectivity index (χ0v) is 11.5. The number of halogens is 2. The fraction of sp³-hybridized carbons (Fsp3) is 0.429. The molecule has 2 amide bonds. The van der Waals surface area contributed by atoms with Gasteiger partial charge in [-0.2, -0.15) is 0 Å². The van der Waals surface area contributed by atoms with Crippen LogP contribution in [0.5, 0.6) is 0 Å². The maximum Gasteiger partial charge on any atom is 0.313 e. The van der Waals surface area contributed by atoms with Crippen molar-refractivity contribution in [3.63, 3.8) is 0 Å². The van der Waals surface area contributed by atoms with Gasteiger partial charge in [-0.3, -0.25) is 9.59 Å². The Labute approximate surface area is 120 Å². The van der Waals surface area contributed by atoms with Crippen LogP contribution in [-0.4, -0.2) is 29.1 Å². The van der Waals surface area contributed by atoms with Crippen molar-refractivity contribution in [3.8, 4) is 0 Å². The number of aliphatic hydroxyl groups is 1. The van der Waals surface area contributed by atoms with Crippen LogP contribution >= 0.6 is 0 Å². The highest BCUT2D eigenvalue weighted by Gasteiger charge is 2.40. The van der Waals surface area contributed by atoms with E-state index in [1.807, 2.05) is 0 Å². The van der Waals surface area contributed by atoms with Crippen molar-refractivity contribution in [1.82, 2.24) is 5.32 Å². The SMILES string of the molecule is CC(O)(CNC(=O)C(=O)Nc1ccc(F)c(F)c1)C1CC1. The number of hydrogen-bond donors (Lipinski definition) is 3. The molecule has 7 heteroatoms. The van der Waals surface area contributed by atoms with Gasteiger partial charge in [0.1, 0.15) is 0 Å². The third kappa shape index (κ3) is 3.98. The van der Waals surface area contributed by atoms with Gasteiger partial charge in [0.05, 0.1) is 5.60 Å². The molecule has 0 spiro atoms. The van der Waals surface area contributed by atoms with Crippen molar-refractivity contribution in [3.05, 3.63) is 29.8 Å². The van der Waals surface area contributed by atoms with Crippen molar-refractivity contribution < 1.29 is 23.5 Å². The number of rotatable bonds is 4. The monoisotopic (exact) mass is 298 g/mol. The highest BCUT2D eigenvalue weighted by atomic mass is 19.2. The van der Waals surface area contributed by atoms with E-state index in [-0.39, 0.29) is 18.2 Å². The van der Waals surface area contributed by atoms with Crippen LogP contribution in [-0.2, 0) is 9.59 Å². The zero-order chi connectivity index (χ0) is 15.6. The molecule has 1 atom stereocenters. The summed E-state index contributed by atoms with van der Waals surface area (Å²) in [6.07, 6.45) is 1.79. The van der Waals surface area contributed by atoms with E-state index in [2.05, 4.69) is 10.6 Å². The number of hydrogen-bond acceptors (Lipinski definition) is 3. The van der Waals surface area contributed by atoms with Gasteiger partial charge in [0.25, 0.3) is 0 Å². The molecule has 1 aromatic carbocycles. The Hall–Kier alpha value is -2.02. The summed E-state index contributed by atoms with van der Waals surface area (Å²) in [6, 6.07) is 2.77. The Bertz CT molecular complexity index is 571. The molecule has 1 aliphatic carbocycles. The van der Waals surface area contributed by atoms with Crippen LogP contribution in [0, 0.1) is 17.6 Å². The van der Waals surface area contributed by atoms with Gasteiger partial charge in [-0.1, -0.05) is 0 Å². The highest BCUT2D eigenvalue weighted by Crippen LogP contribution is 2.38. The first-order chi connectivity index (χ1) is 9.79. The molecule has 0 heterocycles. The van der Waals surface area contributed by atoms with Gasteiger partial charge in [-0.25, -0.2) is 8.78 Å². The summed E-state index contributed by atoms with van der Waals surface area (Å²) < 4.78 is 25.7. The van der Waals surface area contributed by atoms with Crippen molar-refractivity contribution >= 4 is 17.5 Å². The number of carbonyl (C=O) groups is 2. The van der Waals surface area contributed by atoms with Gasteiger partial charge in [-0.15, -0.1) is 0 Å². The van der Waals surface area contributed by atoms with Crippen molar-refractivity contribution in [2.45, 2.75) is 25.4 Å². The third-order valence-electron chi connectivity index (χ3n) is 3.45. The maximum atomic E-state index is 13.0. The molecule has 2 rings (SSSR count). The molecule has 1 unspecified atom stereocenters. The number of anilines is 1. The molecule has 1 aromatic rings. The summed E-state index contributed by atoms with van der Waals surface area (Å²) in [5.74, 6) is -3.98. The molecule has 0 aromatic heterocycles. The van der Waals surface area contributed by atoms with Crippen LogP contribution in [0.4, 0.5) is 14.5 Å². The molecule has 0 radical (unpaired) electrons. The van der Waals surface area contributed by atoms with Gasteiger partial charge in [0.15, 0.2) is 11.6 Å². The molecular formula is C14H16F2N2O3. The van der Waals surface area contributed by atoms with Crippen LogP contribution in [0.15, 0.2) is 18.2 Å². The average molecular weight is 298 g/mol. The van der Waals surface area contributed by atoms with Crippen molar-refractivity contribution in [2.75, 3.05) is 11.9 Å². The highest BCUT2D eigenvalue weighted by molar-refractivity contribution is 6.39. The molecule has 0 bridgehead atoms.